The number of nitrogens with zero attached hydrogens (tertiary/aromatic N) is 1. The number of hydrogen-bond donors (Lipinski definition) is 1. The van der Waals surface area contributed by atoms with Crippen LogP contribution in [0.1, 0.15) is 61.4 Å². The number of carbonyl (C=O) groups excluding carboxylic acids is 1. The normalized spacial score (nSPS) is 17.7. The summed E-state index contributed by atoms with van der Waals surface area (Å²) in [5.74, 6) is -0.673. The zero-order valence-electron chi connectivity index (χ0n) is 15.6. The van der Waals surface area contributed by atoms with Crippen LogP contribution in [-0.4, -0.2) is 34.5 Å². The van der Waals surface area contributed by atoms with E-state index in [1.54, 1.807) is 12.1 Å². The van der Waals surface area contributed by atoms with Gasteiger partial charge < -0.3 is 10.0 Å². The summed E-state index contributed by atoms with van der Waals surface area (Å²) in [4.78, 5) is 25.0. The molecule has 4 nitrogen and oxygen atoms in total. The molecule has 1 heterocycles. The van der Waals surface area contributed by atoms with Crippen LogP contribution in [0.15, 0.2) is 48.6 Å². The van der Waals surface area contributed by atoms with E-state index < -0.39 is 5.97 Å². The zero-order chi connectivity index (χ0) is 18.8. The van der Waals surface area contributed by atoms with Crippen molar-refractivity contribution >= 4 is 11.9 Å². The van der Waals surface area contributed by atoms with E-state index in [2.05, 4.69) is 31.2 Å². The lowest BCUT2D eigenvalue weighted by atomic mass is 10.1. The average molecular weight is 355 g/mol. The number of aryl methyl sites for hydroxylation is 1. The molecule has 0 unspecified atom stereocenters. The van der Waals surface area contributed by atoms with Crippen molar-refractivity contribution < 1.29 is 14.7 Å². The summed E-state index contributed by atoms with van der Waals surface area (Å²) in [6.45, 7) is 2.93. The quantitative estimate of drug-likeness (QED) is 0.492. The Morgan fingerprint density at radius 3 is 2.69 bits per heavy atom. The smallest absolute Gasteiger partial charge is 0.335 e. The first kappa shape index (κ1) is 20.0. The van der Waals surface area contributed by atoms with Gasteiger partial charge in [-0.15, -0.1) is 0 Å². The van der Waals surface area contributed by atoms with Crippen LogP contribution in [0.3, 0.4) is 0 Å². The highest BCUT2D eigenvalue weighted by Crippen LogP contribution is 2.20. The van der Waals surface area contributed by atoms with Gasteiger partial charge in [0.2, 0.25) is 5.91 Å². The second kappa shape index (κ2) is 10.6. The second-order valence-corrected chi connectivity index (χ2v) is 6.75. The molecular formula is C22H29NO3. The molecule has 2 rings (SSSR count). The lowest BCUT2D eigenvalue weighted by Gasteiger charge is -2.22. The van der Waals surface area contributed by atoms with Crippen LogP contribution in [-0.2, 0) is 11.2 Å². The molecule has 1 saturated heterocycles. The number of likely N-dealkylation sites (tertiary alicyclic amines) is 1. The van der Waals surface area contributed by atoms with Gasteiger partial charge in [-0.2, -0.15) is 0 Å². The van der Waals surface area contributed by atoms with Gasteiger partial charge in [0, 0.05) is 13.0 Å². The minimum atomic E-state index is -0.905. The summed E-state index contributed by atoms with van der Waals surface area (Å²) in [5.41, 5.74) is 1.41. The van der Waals surface area contributed by atoms with E-state index in [4.69, 9.17) is 5.11 Å². The molecule has 26 heavy (non-hydrogen) atoms. The molecule has 1 aromatic carbocycles. The first-order chi connectivity index (χ1) is 12.6. The third-order valence-electron chi connectivity index (χ3n) is 4.74. The Bertz CT molecular complexity index is 646. The number of allylic oxidation sites excluding steroid dienone is 3. The Morgan fingerprint density at radius 2 is 2.00 bits per heavy atom. The molecule has 0 saturated carbocycles. The maximum atomic E-state index is 12.1. The molecule has 1 N–H and O–H groups in total. The molecule has 1 atom stereocenters. The maximum Gasteiger partial charge on any atom is 0.335 e. The third-order valence-corrected chi connectivity index (χ3v) is 4.74. The average Bonchev–Trinajstić information content (AvgIpc) is 2.98. The molecule has 0 spiro atoms. The molecule has 1 amide bonds. The molecule has 0 aromatic heterocycles. The lowest BCUT2D eigenvalue weighted by molar-refractivity contribution is -0.128. The van der Waals surface area contributed by atoms with Gasteiger partial charge in [0.05, 0.1) is 11.6 Å². The van der Waals surface area contributed by atoms with E-state index in [1.165, 1.54) is 12.8 Å². The van der Waals surface area contributed by atoms with Crippen LogP contribution in [0.5, 0.6) is 0 Å². The number of carbonyl (C=O) groups is 2. The van der Waals surface area contributed by atoms with E-state index in [0.29, 0.717) is 12.0 Å². The third kappa shape index (κ3) is 6.17. The Kier molecular flexibility index (Phi) is 8.13. The fourth-order valence-electron chi connectivity index (χ4n) is 3.20. The highest BCUT2D eigenvalue weighted by Gasteiger charge is 2.28. The van der Waals surface area contributed by atoms with Crippen LogP contribution in [0.4, 0.5) is 0 Å². The van der Waals surface area contributed by atoms with Crippen LogP contribution < -0.4 is 0 Å². The Balaban J connectivity index is 1.80. The number of unbranched alkanes of at least 4 members (excludes halogenated alkanes) is 2. The molecule has 1 aromatic rings. The summed E-state index contributed by atoms with van der Waals surface area (Å²) in [6.07, 6.45) is 15.2. The summed E-state index contributed by atoms with van der Waals surface area (Å²) < 4.78 is 0. The number of aromatic carboxylic acids is 1. The fraction of sp³-hybridized carbons (Fsp3) is 0.455. The number of hydrogen-bond acceptors (Lipinski definition) is 2. The minimum Gasteiger partial charge on any atom is -0.478 e. The molecule has 0 aliphatic carbocycles. The first-order valence-corrected chi connectivity index (χ1v) is 9.57. The molecule has 0 radical (unpaired) electrons. The maximum absolute atomic E-state index is 12.1. The van der Waals surface area contributed by atoms with Crippen molar-refractivity contribution in [2.24, 2.45) is 0 Å². The number of amides is 1. The number of carboxylic acids is 1. The van der Waals surface area contributed by atoms with E-state index in [0.717, 1.165) is 37.8 Å². The Morgan fingerprint density at radius 1 is 1.23 bits per heavy atom. The van der Waals surface area contributed by atoms with E-state index >= 15 is 0 Å². The van der Waals surface area contributed by atoms with Gasteiger partial charge in [-0.3, -0.25) is 4.79 Å². The van der Waals surface area contributed by atoms with Crippen molar-refractivity contribution in [2.45, 2.75) is 57.9 Å². The Labute approximate surface area is 156 Å². The van der Waals surface area contributed by atoms with Crippen LogP contribution in [0.2, 0.25) is 0 Å². The topological polar surface area (TPSA) is 57.6 Å². The first-order valence-electron chi connectivity index (χ1n) is 9.57. The summed E-state index contributed by atoms with van der Waals surface area (Å²) in [5, 5.41) is 8.93. The van der Waals surface area contributed by atoms with E-state index in [1.807, 2.05) is 17.0 Å². The van der Waals surface area contributed by atoms with Crippen LogP contribution >= 0.6 is 0 Å². The molecule has 1 fully saturated rings. The SMILES string of the molecule is CCCC/C=C/C=C\[C@H]1CCC(=O)N1CCCc1ccc(C(=O)O)cc1. The van der Waals surface area contributed by atoms with Gasteiger partial charge in [0.25, 0.3) is 0 Å². The van der Waals surface area contributed by atoms with Crippen molar-refractivity contribution in [3.05, 3.63) is 59.7 Å². The molecular weight excluding hydrogens is 326 g/mol. The minimum absolute atomic E-state index is 0.202. The fourth-order valence-corrected chi connectivity index (χ4v) is 3.20. The largest absolute Gasteiger partial charge is 0.478 e. The number of benzene rings is 1. The molecule has 4 heteroatoms. The van der Waals surface area contributed by atoms with Crippen molar-refractivity contribution in [3.8, 4) is 0 Å². The van der Waals surface area contributed by atoms with Crippen molar-refractivity contribution in [1.82, 2.24) is 4.90 Å². The van der Waals surface area contributed by atoms with Gasteiger partial charge in [-0.25, -0.2) is 4.79 Å². The van der Waals surface area contributed by atoms with Gasteiger partial charge in [-0.1, -0.05) is 56.2 Å². The standard InChI is InChI=1S/C22H29NO3/c1-2-3-4-5-6-7-10-20-15-16-21(24)23(20)17-8-9-18-11-13-19(14-12-18)22(25)26/h5-7,10-14,20H,2-4,8-9,15-17H2,1H3,(H,25,26)/b6-5+,10-7-/t20-/m0/s1. The monoisotopic (exact) mass is 355 g/mol. The van der Waals surface area contributed by atoms with Crippen LogP contribution in [0, 0.1) is 0 Å². The molecule has 140 valence electrons. The van der Waals surface area contributed by atoms with Gasteiger partial charge in [-0.05, 0) is 43.4 Å². The van der Waals surface area contributed by atoms with Gasteiger partial charge in [0.15, 0.2) is 0 Å². The summed E-state index contributed by atoms with van der Waals surface area (Å²) >= 11 is 0. The van der Waals surface area contributed by atoms with Crippen molar-refractivity contribution in [2.75, 3.05) is 6.54 Å². The highest BCUT2D eigenvalue weighted by atomic mass is 16.4. The Hall–Kier alpha value is -2.36. The van der Waals surface area contributed by atoms with Crippen molar-refractivity contribution in [3.63, 3.8) is 0 Å². The summed E-state index contributed by atoms with van der Waals surface area (Å²) in [7, 11) is 0. The van der Waals surface area contributed by atoms with E-state index in [9.17, 15) is 9.59 Å². The predicted molar refractivity (Wildman–Crippen MR) is 104 cm³/mol. The van der Waals surface area contributed by atoms with Gasteiger partial charge in [0.1, 0.15) is 0 Å². The second-order valence-electron chi connectivity index (χ2n) is 6.75. The number of carboxylic acid groups (broad SMARTS) is 1. The van der Waals surface area contributed by atoms with Gasteiger partial charge >= 0.3 is 5.97 Å². The highest BCUT2D eigenvalue weighted by molar-refractivity contribution is 5.87. The molecule has 0 bridgehead atoms. The zero-order valence-corrected chi connectivity index (χ0v) is 15.6. The lowest BCUT2D eigenvalue weighted by Crippen LogP contribution is -2.32. The molecule has 1 aliphatic heterocycles. The summed E-state index contributed by atoms with van der Waals surface area (Å²) in [6, 6.07) is 7.18. The number of rotatable bonds is 10. The van der Waals surface area contributed by atoms with E-state index in [-0.39, 0.29) is 11.9 Å². The predicted octanol–water partition coefficient (Wildman–Crippen LogP) is 4.61. The van der Waals surface area contributed by atoms with Crippen LogP contribution in [0.25, 0.3) is 0 Å². The van der Waals surface area contributed by atoms with Crippen molar-refractivity contribution in [1.29, 1.82) is 0 Å². The molecule has 1 aliphatic rings.